The van der Waals surface area contributed by atoms with Crippen LogP contribution < -0.4 is 10.1 Å². The van der Waals surface area contributed by atoms with Crippen LogP contribution in [-0.4, -0.2) is 18.3 Å². The Labute approximate surface area is 146 Å². The van der Waals surface area contributed by atoms with Gasteiger partial charge < -0.3 is 10.1 Å². The zero-order chi connectivity index (χ0) is 17.5. The van der Waals surface area contributed by atoms with Crippen molar-refractivity contribution in [2.24, 2.45) is 0 Å². The number of halogens is 1. The quantitative estimate of drug-likeness (QED) is 0.587. The molecule has 0 spiro atoms. The van der Waals surface area contributed by atoms with Crippen molar-refractivity contribution in [3.63, 3.8) is 0 Å². The highest BCUT2D eigenvalue weighted by molar-refractivity contribution is 6.30. The minimum absolute atomic E-state index is 0.0764. The Morgan fingerprint density at radius 2 is 1.92 bits per heavy atom. The Morgan fingerprint density at radius 3 is 2.62 bits per heavy atom. The molecule has 0 unspecified atom stereocenters. The number of benzene rings is 2. The van der Waals surface area contributed by atoms with Gasteiger partial charge in [-0.15, -0.1) is 0 Å². The molecule has 0 aromatic heterocycles. The molecule has 0 saturated heterocycles. The minimum atomic E-state index is -0.139. The molecule has 0 aliphatic rings. The molecule has 5 heteroatoms. The summed E-state index contributed by atoms with van der Waals surface area (Å²) in [6.45, 7) is 3.84. The van der Waals surface area contributed by atoms with E-state index in [0.29, 0.717) is 35.7 Å². The van der Waals surface area contributed by atoms with Gasteiger partial charge in [0, 0.05) is 17.0 Å². The van der Waals surface area contributed by atoms with Crippen LogP contribution in [0.5, 0.6) is 5.75 Å². The summed E-state index contributed by atoms with van der Waals surface area (Å²) in [6.07, 6.45) is 0.898. The monoisotopic (exact) mass is 345 g/mol. The lowest BCUT2D eigenvalue weighted by atomic mass is 10.1. The third kappa shape index (κ3) is 5.10. The number of aryl methyl sites for hydroxylation is 1. The highest BCUT2D eigenvalue weighted by atomic mass is 35.5. The van der Waals surface area contributed by atoms with Crippen molar-refractivity contribution in [3.05, 3.63) is 58.6 Å². The maximum absolute atomic E-state index is 12.0. The molecule has 0 aliphatic heterocycles. The summed E-state index contributed by atoms with van der Waals surface area (Å²) in [4.78, 5) is 23.6. The van der Waals surface area contributed by atoms with Crippen molar-refractivity contribution in [2.75, 3.05) is 11.9 Å². The van der Waals surface area contributed by atoms with Crippen LogP contribution in [0, 0.1) is 6.92 Å². The Bertz CT molecular complexity index is 743. The van der Waals surface area contributed by atoms with Crippen molar-refractivity contribution >= 4 is 29.0 Å². The number of rotatable bonds is 7. The molecular weight excluding hydrogens is 326 g/mol. The van der Waals surface area contributed by atoms with E-state index in [-0.39, 0.29) is 11.7 Å². The highest BCUT2D eigenvalue weighted by Crippen LogP contribution is 2.22. The molecular formula is C19H20ClNO3. The molecule has 0 saturated carbocycles. The van der Waals surface area contributed by atoms with Crippen molar-refractivity contribution in [3.8, 4) is 5.75 Å². The summed E-state index contributed by atoms with van der Waals surface area (Å²) in [5.74, 6) is 0.550. The number of anilines is 1. The van der Waals surface area contributed by atoms with E-state index in [1.807, 2.05) is 19.1 Å². The molecule has 1 amide bonds. The van der Waals surface area contributed by atoms with Crippen LogP contribution >= 0.6 is 11.6 Å². The molecule has 0 radical (unpaired) electrons. The summed E-state index contributed by atoms with van der Waals surface area (Å²) in [7, 11) is 0. The maximum atomic E-state index is 12.0. The van der Waals surface area contributed by atoms with Gasteiger partial charge in [0.25, 0.3) is 0 Å². The lowest BCUT2D eigenvalue weighted by molar-refractivity contribution is -0.116. The number of para-hydroxylation sites is 1. The molecule has 2 aromatic rings. The number of hydrogen-bond donors (Lipinski definition) is 1. The molecule has 0 heterocycles. The molecule has 126 valence electrons. The van der Waals surface area contributed by atoms with Crippen molar-refractivity contribution in [2.45, 2.75) is 26.7 Å². The van der Waals surface area contributed by atoms with Gasteiger partial charge in [-0.3, -0.25) is 9.59 Å². The number of Topliss-reactive ketones (excluding diaryl/α,β-unsaturated/α-hetero) is 1. The number of carbonyl (C=O) groups is 2. The minimum Gasteiger partial charge on any atom is -0.493 e. The molecule has 0 aliphatic carbocycles. The molecule has 2 aromatic carbocycles. The van der Waals surface area contributed by atoms with Crippen LogP contribution in [-0.2, 0) is 4.79 Å². The van der Waals surface area contributed by atoms with Gasteiger partial charge in [-0.2, -0.15) is 0 Å². The molecule has 24 heavy (non-hydrogen) atoms. The van der Waals surface area contributed by atoms with Gasteiger partial charge in [-0.05, 0) is 56.2 Å². The summed E-state index contributed by atoms with van der Waals surface area (Å²) in [6, 6.07) is 12.4. The second kappa shape index (κ2) is 8.50. The number of hydrogen-bond acceptors (Lipinski definition) is 3. The van der Waals surface area contributed by atoms with Crippen LogP contribution in [0.1, 0.15) is 35.7 Å². The van der Waals surface area contributed by atoms with Gasteiger partial charge in [-0.1, -0.05) is 23.7 Å². The lowest BCUT2D eigenvalue weighted by Gasteiger charge is -2.10. The fraction of sp³-hybridized carbons (Fsp3) is 0.263. The zero-order valence-corrected chi connectivity index (χ0v) is 14.5. The van der Waals surface area contributed by atoms with Crippen LogP contribution in [0.4, 0.5) is 5.69 Å². The Hall–Kier alpha value is -2.33. The summed E-state index contributed by atoms with van der Waals surface area (Å²) < 4.78 is 5.66. The highest BCUT2D eigenvalue weighted by Gasteiger charge is 2.09. The van der Waals surface area contributed by atoms with Gasteiger partial charge in [0.1, 0.15) is 5.75 Å². The normalized spacial score (nSPS) is 10.3. The fourth-order valence-corrected chi connectivity index (χ4v) is 2.53. The summed E-state index contributed by atoms with van der Waals surface area (Å²) >= 11 is 5.90. The smallest absolute Gasteiger partial charge is 0.224 e. The molecule has 0 bridgehead atoms. The standard InChI is InChI=1S/C19H20ClNO3/c1-13-12-15(20)9-10-18(13)24-11-5-8-19(23)21-17-7-4-3-6-16(17)14(2)22/h3-4,6-7,9-10,12H,5,8,11H2,1-2H3,(H,21,23). The first kappa shape index (κ1) is 18.0. The first-order valence-corrected chi connectivity index (χ1v) is 8.14. The average molecular weight is 346 g/mol. The topological polar surface area (TPSA) is 55.4 Å². The van der Waals surface area contributed by atoms with Crippen LogP contribution in [0.3, 0.4) is 0 Å². The van der Waals surface area contributed by atoms with Crippen molar-refractivity contribution in [1.29, 1.82) is 0 Å². The Balaban J connectivity index is 1.81. The summed E-state index contributed by atoms with van der Waals surface area (Å²) in [5, 5.41) is 3.45. The zero-order valence-electron chi connectivity index (χ0n) is 13.8. The van der Waals surface area contributed by atoms with E-state index in [0.717, 1.165) is 11.3 Å². The predicted molar refractivity (Wildman–Crippen MR) is 96.0 cm³/mol. The van der Waals surface area contributed by atoms with E-state index in [2.05, 4.69) is 5.32 Å². The third-order valence-corrected chi connectivity index (χ3v) is 3.76. The Morgan fingerprint density at radius 1 is 1.17 bits per heavy atom. The lowest BCUT2D eigenvalue weighted by Crippen LogP contribution is -2.15. The number of carbonyl (C=O) groups excluding carboxylic acids is 2. The van der Waals surface area contributed by atoms with Gasteiger partial charge >= 0.3 is 0 Å². The van der Waals surface area contributed by atoms with E-state index in [9.17, 15) is 9.59 Å². The maximum Gasteiger partial charge on any atom is 0.224 e. The van der Waals surface area contributed by atoms with Gasteiger partial charge in [0.15, 0.2) is 5.78 Å². The number of amides is 1. The van der Waals surface area contributed by atoms with Crippen LogP contribution in [0.15, 0.2) is 42.5 Å². The van der Waals surface area contributed by atoms with Crippen LogP contribution in [0.2, 0.25) is 5.02 Å². The number of ketones is 1. The van der Waals surface area contributed by atoms with Crippen molar-refractivity contribution in [1.82, 2.24) is 0 Å². The summed E-state index contributed by atoms with van der Waals surface area (Å²) in [5.41, 5.74) is 2.02. The SMILES string of the molecule is CC(=O)c1ccccc1NC(=O)CCCOc1ccc(Cl)cc1C. The van der Waals surface area contributed by atoms with Crippen molar-refractivity contribution < 1.29 is 14.3 Å². The van der Waals surface area contributed by atoms with Crippen LogP contribution in [0.25, 0.3) is 0 Å². The molecule has 2 rings (SSSR count). The number of ether oxygens (including phenoxy) is 1. The predicted octanol–water partition coefficient (Wildman–Crippen LogP) is 4.65. The second-order valence-corrected chi connectivity index (χ2v) is 5.95. The number of nitrogens with one attached hydrogen (secondary N) is 1. The first-order chi connectivity index (χ1) is 11.5. The first-order valence-electron chi connectivity index (χ1n) is 7.76. The largest absolute Gasteiger partial charge is 0.493 e. The molecule has 0 atom stereocenters. The molecule has 1 N–H and O–H groups in total. The third-order valence-electron chi connectivity index (χ3n) is 3.52. The second-order valence-electron chi connectivity index (χ2n) is 5.51. The Kier molecular flexibility index (Phi) is 6.38. The van der Waals surface area contributed by atoms with E-state index >= 15 is 0 Å². The average Bonchev–Trinajstić information content (AvgIpc) is 2.53. The molecule has 4 nitrogen and oxygen atoms in total. The van der Waals surface area contributed by atoms with Gasteiger partial charge in [0.05, 0.1) is 12.3 Å². The van der Waals surface area contributed by atoms with E-state index in [1.165, 1.54) is 6.92 Å². The van der Waals surface area contributed by atoms with Gasteiger partial charge in [0.2, 0.25) is 5.91 Å². The molecule has 0 fully saturated rings. The van der Waals surface area contributed by atoms with Gasteiger partial charge in [-0.25, -0.2) is 0 Å². The fourth-order valence-electron chi connectivity index (χ4n) is 2.30. The van der Waals surface area contributed by atoms with E-state index < -0.39 is 0 Å². The van der Waals surface area contributed by atoms with E-state index in [1.54, 1.807) is 30.3 Å². The van der Waals surface area contributed by atoms with E-state index in [4.69, 9.17) is 16.3 Å².